The number of aliphatic hydroxyl groups is 1. The van der Waals surface area contributed by atoms with Crippen molar-refractivity contribution in [2.45, 2.75) is 44.2 Å². The molecule has 3 saturated heterocycles. The fourth-order valence-electron chi connectivity index (χ4n) is 4.35. The number of rotatable bonds is 4. The summed E-state index contributed by atoms with van der Waals surface area (Å²) in [5, 5.41) is 15.3. The maximum atomic E-state index is 11.8. The number of piperidine rings is 1. The van der Waals surface area contributed by atoms with Crippen molar-refractivity contribution in [3.63, 3.8) is 0 Å². The normalized spacial score (nSPS) is 27.8. The zero-order chi connectivity index (χ0) is 18.3. The molecule has 0 aromatic carbocycles. The Morgan fingerprint density at radius 2 is 2.15 bits per heavy atom. The molecule has 1 unspecified atom stereocenters. The molecule has 1 N–H and O–H groups in total. The molecule has 1 aromatic rings. The Balaban J connectivity index is 1.31. The molecule has 4 rings (SSSR count). The van der Waals surface area contributed by atoms with Crippen LogP contribution in [0.4, 0.5) is 5.69 Å². The number of amides is 2. The highest BCUT2D eigenvalue weighted by Crippen LogP contribution is 2.29. The monoisotopic (exact) mass is 361 g/mol. The second kappa shape index (κ2) is 6.66. The van der Waals surface area contributed by atoms with Crippen molar-refractivity contribution < 1.29 is 14.7 Å². The average Bonchev–Trinajstić information content (AvgIpc) is 3.19. The van der Waals surface area contributed by atoms with Crippen molar-refractivity contribution in [2.24, 2.45) is 0 Å². The first-order valence-corrected chi connectivity index (χ1v) is 9.48. The largest absolute Gasteiger partial charge is 0.387 e. The Hall–Kier alpha value is -1.93. The van der Waals surface area contributed by atoms with Crippen LogP contribution in [0.3, 0.4) is 0 Å². The first-order valence-electron chi connectivity index (χ1n) is 9.48. The molecule has 0 bridgehead atoms. The number of likely N-dealkylation sites (tertiary alicyclic amines) is 2. The molecule has 1 aromatic heterocycles. The van der Waals surface area contributed by atoms with Gasteiger partial charge in [-0.05, 0) is 19.3 Å². The van der Waals surface area contributed by atoms with Gasteiger partial charge in [-0.3, -0.25) is 19.2 Å². The summed E-state index contributed by atoms with van der Waals surface area (Å²) in [6, 6.07) is 0.276. The van der Waals surface area contributed by atoms with E-state index >= 15 is 0 Å². The molecule has 2 amide bonds. The lowest BCUT2D eigenvalue weighted by Gasteiger charge is -2.46. The standard InChI is InChI=1S/C18H27N5O3/c1-14(24)21-6-3-5-18(26,13-21)12-20-9-16(10-20)23-11-15(8-19-23)22-7-2-4-17(22)25/h8,11,16,26H,2-7,9-10,12-13H2,1H3. The van der Waals surface area contributed by atoms with Crippen LogP contribution in [0, 0.1) is 0 Å². The van der Waals surface area contributed by atoms with Crippen LogP contribution < -0.4 is 4.90 Å². The number of aromatic nitrogens is 2. The summed E-state index contributed by atoms with van der Waals surface area (Å²) in [6.45, 7) is 5.76. The quantitative estimate of drug-likeness (QED) is 0.831. The maximum Gasteiger partial charge on any atom is 0.227 e. The zero-order valence-electron chi connectivity index (χ0n) is 15.3. The molecule has 3 fully saturated rings. The fraction of sp³-hybridized carbons (Fsp3) is 0.722. The lowest BCUT2D eigenvalue weighted by atomic mass is 9.90. The van der Waals surface area contributed by atoms with Crippen molar-refractivity contribution in [3.05, 3.63) is 12.4 Å². The van der Waals surface area contributed by atoms with Crippen molar-refractivity contribution in [3.8, 4) is 0 Å². The minimum atomic E-state index is -0.813. The molecule has 142 valence electrons. The summed E-state index contributed by atoms with van der Waals surface area (Å²) in [7, 11) is 0. The smallest absolute Gasteiger partial charge is 0.227 e. The molecule has 1 atom stereocenters. The Morgan fingerprint density at radius 3 is 2.85 bits per heavy atom. The van der Waals surface area contributed by atoms with Crippen LogP contribution in [0.2, 0.25) is 0 Å². The van der Waals surface area contributed by atoms with Gasteiger partial charge in [-0.2, -0.15) is 5.10 Å². The third kappa shape index (κ3) is 3.35. The topological polar surface area (TPSA) is 81.9 Å². The summed E-state index contributed by atoms with van der Waals surface area (Å²) >= 11 is 0. The van der Waals surface area contributed by atoms with Gasteiger partial charge in [0.1, 0.15) is 0 Å². The van der Waals surface area contributed by atoms with Crippen LogP contribution in [-0.4, -0.2) is 81.4 Å². The molecule has 0 spiro atoms. The van der Waals surface area contributed by atoms with Gasteiger partial charge >= 0.3 is 0 Å². The van der Waals surface area contributed by atoms with Crippen molar-refractivity contribution in [1.82, 2.24) is 19.6 Å². The number of hydrogen-bond acceptors (Lipinski definition) is 5. The highest BCUT2D eigenvalue weighted by molar-refractivity contribution is 5.95. The molecule has 3 aliphatic rings. The van der Waals surface area contributed by atoms with Gasteiger partial charge in [-0.1, -0.05) is 0 Å². The summed E-state index contributed by atoms with van der Waals surface area (Å²) < 4.78 is 1.93. The minimum Gasteiger partial charge on any atom is -0.387 e. The number of nitrogens with zero attached hydrogens (tertiary/aromatic N) is 5. The molecule has 3 aliphatic heterocycles. The van der Waals surface area contributed by atoms with E-state index in [2.05, 4.69) is 10.00 Å². The molecule has 8 nitrogen and oxygen atoms in total. The van der Waals surface area contributed by atoms with E-state index in [9.17, 15) is 14.7 Å². The summed E-state index contributed by atoms with van der Waals surface area (Å²) in [4.78, 5) is 29.2. The number of β-amino-alcohol motifs (C(OH)–C–C–N with tert-alkyl or cyclic N) is 1. The van der Waals surface area contributed by atoms with E-state index in [1.54, 1.807) is 22.9 Å². The van der Waals surface area contributed by atoms with Crippen LogP contribution in [-0.2, 0) is 9.59 Å². The third-order valence-corrected chi connectivity index (χ3v) is 5.80. The van der Waals surface area contributed by atoms with Crippen LogP contribution >= 0.6 is 0 Å². The van der Waals surface area contributed by atoms with Gasteiger partial charge in [0.2, 0.25) is 11.8 Å². The summed E-state index contributed by atoms with van der Waals surface area (Å²) in [5.41, 5.74) is 0.0699. The molecule has 0 aliphatic carbocycles. The van der Waals surface area contributed by atoms with Gasteiger partial charge in [0, 0.05) is 52.3 Å². The lowest BCUT2D eigenvalue weighted by Crippen LogP contribution is -2.59. The second-order valence-corrected chi connectivity index (χ2v) is 7.94. The Bertz CT molecular complexity index is 699. The molecule has 0 saturated carbocycles. The van der Waals surface area contributed by atoms with Gasteiger partial charge in [0.15, 0.2) is 0 Å². The van der Waals surface area contributed by atoms with E-state index in [0.717, 1.165) is 51.1 Å². The Morgan fingerprint density at radius 1 is 1.35 bits per heavy atom. The van der Waals surface area contributed by atoms with Gasteiger partial charge in [0.25, 0.3) is 0 Å². The molecule has 8 heteroatoms. The highest BCUT2D eigenvalue weighted by atomic mass is 16.3. The Kier molecular flexibility index (Phi) is 4.48. The van der Waals surface area contributed by atoms with E-state index in [0.29, 0.717) is 19.5 Å². The zero-order valence-corrected chi connectivity index (χ0v) is 15.3. The first kappa shape index (κ1) is 17.5. The molecular formula is C18H27N5O3. The molecule has 26 heavy (non-hydrogen) atoms. The fourth-order valence-corrected chi connectivity index (χ4v) is 4.35. The third-order valence-electron chi connectivity index (χ3n) is 5.80. The highest BCUT2D eigenvalue weighted by Gasteiger charge is 2.40. The van der Waals surface area contributed by atoms with Crippen molar-refractivity contribution in [1.29, 1.82) is 0 Å². The average molecular weight is 361 g/mol. The van der Waals surface area contributed by atoms with Crippen LogP contribution in [0.1, 0.15) is 38.6 Å². The lowest BCUT2D eigenvalue weighted by molar-refractivity contribution is -0.138. The van der Waals surface area contributed by atoms with Gasteiger partial charge in [0.05, 0.1) is 30.1 Å². The number of hydrogen-bond donors (Lipinski definition) is 1. The minimum absolute atomic E-state index is 0.0325. The number of carbonyl (C=O) groups is 2. The van der Waals surface area contributed by atoms with Crippen molar-refractivity contribution in [2.75, 3.05) is 44.2 Å². The second-order valence-electron chi connectivity index (χ2n) is 7.94. The molecule has 4 heterocycles. The summed E-state index contributed by atoms with van der Waals surface area (Å²) in [6.07, 6.45) is 6.85. The van der Waals surface area contributed by atoms with Gasteiger partial charge in [-0.15, -0.1) is 0 Å². The van der Waals surface area contributed by atoms with Crippen LogP contribution in [0.15, 0.2) is 12.4 Å². The molecule has 0 radical (unpaired) electrons. The Labute approximate surface area is 153 Å². The maximum absolute atomic E-state index is 11.8. The van der Waals surface area contributed by atoms with Crippen molar-refractivity contribution >= 4 is 17.5 Å². The van der Waals surface area contributed by atoms with E-state index in [4.69, 9.17) is 0 Å². The SMILES string of the molecule is CC(=O)N1CCCC(O)(CN2CC(n3cc(N4CCCC4=O)cn3)C2)C1. The van der Waals surface area contributed by atoms with Crippen LogP contribution in [0.5, 0.6) is 0 Å². The predicted molar refractivity (Wildman–Crippen MR) is 95.7 cm³/mol. The molecular weight excluding hydrogens is 334 g/mol. The predicted octanol–water partition coefficient (Wildman–Crippen LogP) is 0.240. The van der Waals surface area contributed by atoms with E-state index < -0.39 is 5.60 Å². The van der Waals surface area contributed by atoms with E-state index in [1.165, 1.54) is 0 Å². The van der Waals surface area contributed by atoms with E-state index in [1.807, 2.05) is 10.9 Å². The number of carbonyl (C=O) groups excluding carboxylic acids is 2. The first-order chi connectivity index (χ1) is 12.4. The van der Waals surface area contributed by atoms with Gasteiger partial charge in [-0.25, -0.2) is 0 Å². The van der Waals surface area contributed by atoms with Crippen LogP contribution in [0.25, 0.3) is 0 Å². The summed E-state index contributed by atoms with van der Waals surface area (Å²) in [5.74, 6) is 0.208. The van der Waals surface area contributed by atoms with E-state index in [-0.39, 0.29) is 17.9 Å². The number of anilines is 1. The van der Waals surface area contributed by atoms with Gasteiger partial charge < -0.3 is 14.9 Å².